The third-order valence-electron chi connectivity index (χ3n) is 2.53. The van der Waals surface area contributed by atoms with Gasteiger partial charge in [0.1, 0.15) is 0 Å². The number of aryl methyl sites for hydroxylation is 1. The minimum atomic E-state index is -0.211. The molecule has 0 fully saturated rings. The van der Waals surface area contributed by atoms with Crippen LogP contribution in [-0.2, 0) is 11.2 Å². The molecular weight excluding hydrogens is 230 g/mol. The van der Waals surface area contributed by atoms with Gasteiger partial charge in [0.05, 0.1) is 5.92 Å². The summed E-state index contributed by atoms with van der Waals surface area (Å²) >= 11 is 3.39. The van der Waals surface area contributed by atoms with Crippen molar-refractivity contribution in [2.24, 2.45) is 5.73 Å². The first-order valence-electron chi connectivity index (χ1n) is 4.26. The maximum absolute atomic E-state index is 11.1. The number of rotatable bonds is 1. The summed E-state index contributed by atoms with van der Waals surface area (Å²) in [4.78, 5) is 11.1. The summed E-state index contributed by atoms with van der Waals surface area (Å²) in [7, 11) is 0. The number of primary amides is 1. The molecule has 0 spiro atoms. The van der Waals surface area contributed by atoms with Gasteiger partial charge >= 0.3 is 0 Å². The van der Waals surface area contributed by atoms with Gasteiger partial charge < -0.3 is 5.73 Å². The van der Waals surface area contributed by atoms with Crippen LogP contribution in [0.15, 0.2) is 22.7 Å². The summed E-state index contributed by atoms with van der Waals surface area (Å²) in [5.74, 6) is -0.288. The van der Waals surface area contributed by atoms with Gasteiger partial charge in [-0.05, 0) is 36.1 Å². The molecule has 1 atom stereocenters. The highest BCUT2D eigenvalue weighted by atomic mass is 79.9. The van der Waals surface area contributed by atoms with Crippen LogP contribution in [0.2, 0.25) is 0 Å². The number of hydrogen-bond donors (Lipinski definition) is 1. The van der Waals surface area contributed by atoms with Crippen LogP contribution in [0.4, 0.5) is 0 Å². The monoisotopic (exact) mass is 239 g/mol. The van der Waals surface area contributed by atoms with Gasteiger partial charge in [-0.1, -0.05) is 22.0 Å². The van der Waals surface area contributed by atoms with Crippen molar-refractivity contribution in [1.82, 2.24) is 0 Å². The van der Waals surface area contributed by atoms with Crippen LogP contribution in [0.5, 0.6) is 0 Å². The van der Waals surface area contributed by atoms with Crippen molar-refractivity contribution in [3.63, 3.8) is 0 Å². The molecular formula is C10H10BrNO. The van der Waals surface area contributed by atoms with Crippen molar-refractivity contribution in [2.75, 3.05) is 0 Å². The topological polar surface area (TPSA) is 43.1 Å². The molecule has 1 aromatic carbocycles. The van der Waals surface area contributed by atoms with Crippen molar-refractivity contribution >= 4 is 21.8 Å². The van der Waals surface area contributed by atoms with E-state index in [1.165, 1.54) is 5.56 Å². The Labute approximate surface area is 85.3 Å². The number of nitrogens with two attached hydrogens (primary N) is 1. The highest BCUT2D eigenvalue weighted by Gasteiger charge is 2.26. The Morgan fingerprint density at radius 3 is 3.00 bits per heavy atom. The van der Waals surface area contributed by atoms with E-state index in [4.69, 9.17) is 5.73 Å². The lowest BCUT2D eigenvalue weighted by Gasteiger charge is -2.06. The second kappa shape index (κ2) is 3.14. The standard InChI is InChI=1S/C10H10BrNO/c11-7-3-1-6-2-4-8(10(12)13)9(6)5-7/h1,3,5,8H,2,4H2,(H2,12,13). The van der Waals surface area contributed by atoms with E-state index in [9.17, 15) is 4.79 Å². The zero-order valence-corrected chi connectivity index (χ0v) is 8.67. The fourth-order valence-corrected chi connectivity index (χ4v) is 2.25. The predicted octanol–water partition coefficient (Wildman–Crippen LogP) is 1.96. The third-order valence-corrected chi connectivity index (χ3v) is 3.02. The quantitative estimate of drug-likeness (QED) is 0.801. The summed E-state index contributed by atoms with van der Waals surface area (Å²) in [5, 5.41) is 0. The van der Waals surface area contributed by atoms with E-state index in [0.29, 0.717) is 0 Å². The molecule has 1 aromatic rings. The molecule has 0 saturated carbocycles. The highest BCUT2D eigenvalue weighted by molar-refractivity contribution is 9.10. The van der Waals surface area contributed by atoms with Gasteiger partial charge in [0.2, 0.25) is 5.91 Å². The molecule has 0 bridgehead atoms. The summed E-state index contributed by atoms with van der Waals surface area (Å²) in [6.45, 7) is 0. The molecule has 0 radical (unpaired) electrons. The maximum Gasteiger partial charge on any atom is 0.224 e. The molecule has 2 N–H and O–H groups in total. The summed E-state index contributed by atoms with van der Waals surface area (Å²) < 4.78 is 1.01. The van der Waals surface area contributed by atoms with E-state index in [-0.39, 0.29) is 11.8 Å². The van der Waals surface area contributed by atoms with Gasteiger partial charge in [0.15, 0.2) is 0 Å². The molecule has 2 rings (SSSR count). The smallest absolute Gasteiger partial charge is 0.224 e. The van der Waals surface area contributed by atoms with Gasteiger partial charge in [-0.3, -0.25) is 4.79 Å². The third kappa shape index (κ3) is 1.48. The van der Waals surface area contributed by atoms with Crippen LogP contribution in [0, 0.1) is 0 Å². The Morgan fingerprint density at radius 2 is 2.31 bits per heavy atom. The molecule has 0 aliphatic heterocycles. The minimum Gasteiger partial charge on any atom is -0.369 e. The molecule has 0 heterocycles. The number of carbonyl (C=O) groups is 1. The van der Waals surface area contributed by atoms with E-state index in [0.717, 1.165) is 22.9 Å². The molecule has 2 nitrogen and oxygen atoms in total. The number of benzene rings is 1. The molecule has 0 saturated heterocycles. The van der Waals surface area contributed by atoms with Gasteiger partial charge in [0, 0.05) is 4.47 Å². The van der Waals surface area contributed by atoms with Gasteiger partial charge in [-0.25, -0.2) is 0 Å². The van der Waals surface area contributed by atoms with E-state index >= 15 is 0 Å². The first kappa shape index (κ1) is 8.75. The van der Waals surface area contributed by atoms with E-state index < -0.39 is 0 Å². The minimum absolute atomic E-state index is 0.0764. The van der Waals surface area contributed by atoms with Crippen LogP contribution < -0.4 is 5.73 Å². The lowest BCUT2D eigenvalue weighted by atomic mass is 10.0. The van der Waals surface area contributed by atoms with Crippen molar-refractivity contribution in [1.29, 1.82) is 0 Å². The Morgan fingerprint density at radius 1 is 1.54 bits per heavy atom. The van der Waals surface area contributed by atoms with Gasteiger partial charge in [-0.15, -0.1) is 0 Å². The van der Waals surface area contributed by atoms with E-state index in [1.54, 1.807) is 0 Å². The van der Waals surface area contributed by atoms with Crippen molar-refractivity contribution in [3.8, 4) is 0 Å². The SMILES string of the molecule is NC(=O)C1CCc2ccc(Br)cc21. The lowest BCUT2D eigenvalue weighted by molar-refractivity contribution is -0.119. The largest absolute Gasteiger partial charge is 0.369 e. The molecule has 68 valence electrons. The normalized spacial score (nSPS) is 19.9. The molecule has 1 amide bonds. The zero-order valence-electron chi connectivity index (χ0n) is 7.09. The van der Waals surface area contributed by atoms with E-state index in [1.807, 2.05) is 12.1 Å². The molecule has 3 heteroatoms. The highest BCUT2D eigenvalue weighted by Crippen LogP contribution is 2.34. The zero-order chi connectivity index (χ0) is 9.42. The maximum atomic E-state index is 11.1. The Bertz CT molecular complexity index is 362. The second-order valence-electron chi connectivity index (χ2n) is 3.34. The predicted molar refractivity (Wildman–Crippen MR) is 54.4 cm³/mol. The van der Waals surface area contributed by atoms with Crippen LogP contribution in [0.1, 0.15) is 23.5 Å². The number of fused-ring (bicyclic) bond motifs is 1. The van der Waals surface area contributed by atoms with Crippen molar-refractivity contribution in [3.05, 3.63) is 33.8 Å². The Kier molecular flexibility index (Phi) is 2.12. The van der Waals surface area contributed by atoms with Gasteiger partial charge in [-0.2, -0.15) is 0 Å². The summed E-state index contributed by atoms with van der Waals surface area (Å²) in [6, 6.07) is 6.06. The summed E-state index contributed by atoms with van der Waals surface area (Å²) in [5.41, 5.74) is 7.66. The molecule has 13 heavy (non-hydrogen) atoms. The lowest BCUT2D eigenvalue weighted by Crippen LogP contribution is -2.19. The fraction of sp³-hybridized carbons (Fsp3) is 0.300. The number of carbonyl (C=O) groups excluding carboxylic acids is 1. The van der Waals surface area contributed by atoms with Crippen LogP contribution in [0.3, 0.4) is 0 Å². The van der Waals surface area contributed by atoms with Crippen molar-refractivity contribution in [2.45, 2.75) is 18.8 Å². The molecule has 1 aliphatic rings. The Hall–Kier alpha value is -0.830. The Balaban J connectivity index is 2.46. The number of amides is 1. The average molecular weight is 240 g/mol. The van der Waals surface area contributed by atoms with Crippen molar-refractivity contribution < 1.29 is 4.79 Å². The molecule has 1 unspecified atom stereocenters. The summed E-state index contributed by atoms with van der Waals surface area (Å²) in [6.07, 6.45) is 1.83. The first-order chi connectivity index (χ1) is 6.18. The fourth-order valence-electron chi connectivity index (χ4n) is 1.87. The molecule has 1 aliphatic carbocycles. The second-order valence-corrected chi connectivity index (χ2v) is 4.25. The number of halogens is 1. The van der Waals surface area contributed by atoms with Crippen LogP contribution >= 0.6 is 15.9 Å². The first-order valence-corrected chi connectivity index (χ1v) is 5.05. The van der Waals surface area contributed by atoms with Gasteiger partial charge in [0.25, 0.3) is 0 Å². The molecule has 0 aromatic heterocycles. The number of hydrogen-bond acceptors (Lipinski definition) is 1. The van der Waals surface area contributed by atoms with Crippen LogP contribution in [0.25, 0.3) is 0 Å². The van der Waals surface area contributed by atoms with E-state index in [2.05, 4.69) is 22.0 Å². The average Bonchev–Trinajstić information content (AvgIpc) is 2.46. The van der Waals surface area contributed by atoms with Crippen LogP contribution in [-0.4, -0.2) is 5.91 Å².